The van der Waals surface area contributed by atoms with Crippen LogP contribution >= 0.6 is 0 Å². The van der Waals surface area contributed by atoms with Crippen LogP contribution in [0.1, 0.15) is 35.2 Å². The van der Waals surface area contributed by atoms with Crippen LogP contribution in [-0.2, 0) is 6.18 Å². The summed E-state index contributed by atoms with van der Waals surface area (Å²) < 4.78 is 38.6. The third-order valence-corrected chi connectivity index (χ3v) is 6.52. The molecule has 0 spiro atoms. The molecule has 1 amide bonds. The lowest BCUT2D eigenvalue weighted by Gasteiger charge is -2.26. The topological polar surface area (TPSA) is 52.6 Å². The Bertz CT molecular complexity index is 1180. The number of anilines is 2. The van der Waals surface area contributed by atoms with Gasteiger partial charge in [0.05, 0.1) is 16.6 Å². The van der Waals surface area contributed by atoms with Crippen LogP contribution in [0.4, 0.5) is 24.8 Å². The second-order valence-corrected chi connectivity index (χ2v) is 8.78. The Morgan fingerprint density at radius 3 is 2.35 bits per heavy atom. The summed E-state index contributed by atoms with van der Waals surface area (Å²) in [6.45, 7) is 3.94. The zero-order valence-electron chi connectivity index (χ0n) is 18.8. The van der Waals surface area contributed by atoms with E-state index >= 15 is 0 Å². The molecule has 2 fully saturated rings. The van der Waals surface area contributed by atoms with Crippen LogP contribution in [-0.4, -0.2) is 60.0 Å². The third kappa shape index (κ3) is 4.51. The molecule has 4 heterocycles. The largest absolute Gasteiger partial charge is 0.417 e. The van der Waals surface area contributed by atoms with Gasteiger partial charge in [0.15, 0.2) is 0 Å². The number of benzene rings is 1. The molecule has 0 saturated carbocycles. The first-order valence-corrected chi connectivity index (χ1v) is 11.6. The Morgan fingerprint density at radius 2 is 1.62 bits per heavy atom. The van der Waals surface area contributed by atoms with Gasteiger partial charge in [0, 0.05) is 50.9 Å². The second-order valence-electron chi connectivity index (χ2n) is 8.78. The molecule has 6 nitrogen and oxygen atoms in total. The zero-order valence-corrected chi connectivity index (χ0v) is 18.8. The summed E-state index contributed by atoms with van der Waals surface area (Å²) in [4.78, 5) is 28.5. The first-order valence-electron chi connectivity index (χ1n) is 11.6. The Labute approximate surface area is 196 Å². The Hall–Kier alpha value is -3.36. The molecule has 5 rings (SSSR count). The molecule has 2 aliphatic rings. The summed E-state index contributed by atoms with van der Waals surface area (Å²) in [7, 11) is 0. The van der Waals surface area contributed by atoms with Gasteiger partial charge in [-0.15, -0.1) is 0 Å². The van der Waals surface area contributed by atoms with Gasteiger partial charge in [-0.2, -0.15) is 13.2 Å². The molecule has 3 aromatic rings. The molecule has 0 radical (unpaired) electrons. The molecule has 0 aliphatic carbocycles. The Morgan fingerprint density at radius 1 is 0.853 bits per heavy atom. The van der Waals surface area contributed by atoms with Gasteiger partial charge in [-0.25, -0.2) is 9.97 Å². The number of hydrogen-bond donors (Lipinski definition) is 0. The van der Waals surface area contributed by atoms with Crippen LogP contribution in [0.2, 0.25) is 0 Å². The monoisotopic (exact) mass is 469 g/mol. The molecule has 34 heavy (non-hydrogen) atoms. The van der Waals surface area contributed by atoms with E-state index in [1.165, 1.54) is 6.07 Å². The minimum atomic E-state index is -4.41. The van der Waals surface area contributed by atoms with Crippen molar-refractivity contribution in [2.45, 2.75) is 25.4 Å². The van der Waals surface area contributed by atoms with E-state index in [-0.39, 0.29) is 5.91 Å². The van der Waals surface area contributed by atoms with Gasteiger partial charge >= 0.3 is 6.18 Å². The maximum Gasteiger partial charge on any atom is 0.417 e. The quantitative estimate of drug-likeness (QED) is 0.561. The molecule has 0 bridgehead atoms. The van der Waals surface area contributed by atoms with Crippen molar-refractivity contribution in [1.29, 1.82) is 0 Å². The summed E-state index contributed by atoms with van der Waals surface area (Å²) in [6, 6.07) is 12.2. The molecule has 178 valence electrons. The highest BCUT2D eigenvalue weighted by atomic mass is 19.4. The lowest BCUT2D eigenvalue weighted by Crippen LogP contribution is -2.36. The second kappa shape index (κ2) is 9.12. The zero-order chi connectivity index (χ0) is 23.7. The number of rotatable bonds is 3. The van der Waals surface area contributed by atoms with E-state index in [0.29, 0.717) is 44.0 Å². The Balaban J connectivity index is 1.37. The number of aromatic nitrogens is 2. The van der Waals surface area contributed by atoms with E-state index in [0.717, 1.165) is 54.9 Å². The number of hydrogen-bond acceptors (Lipinski definition) is 5. The van der Waals surface area contributed by atoms with E-state index in [2.05, 4.69) is 9.88 Å². The normalized spacial score (nSPS) is 17.3. The van der Waals surface area contributed by atoms with Gasteiger partial charge < -0.3 is 14.7 Å². The number of carbonyl (C=O) groups is 1. The van der Waals surface area contributed by atoms with Crippen LogP contribution in [0.5, 0.6) is 0 Å². The number of carbonyl (C=O) groups excluding carboxylic acids is 1. The molecule has 0 atom stereocenters. The van der Waals surface area contributed by atoms with E-state index in [1.54, 1.807) is 0 Å². The molecule has 0 N–H and O–H groups in total. The van der Waals surface area contributed by atoms with E-state index in [4.69, 9.17) is 4.98 Å². The molecule has 0 unspecified atom stereocenters. The average Bonchev–Trinajstić information content (AvgIpc) is 3.27. The number of alkyl halides is 3. The number of fused-ring (bicyclic) bond motifs is 1. The van der Waals surface area contributed by atoms with Gasteiger partial charge in [-0.1, -0.05) is 18.2 Å². The van der Waals surface area contributed by atoms with Crippen molar-refractivity contribution < 1.29 is 18.0 Å². The molecule has 2 aromatic heterocycles. The standard InChI is InChI=1S/C25H26F3N5O/c26-25(27,28)19-8-9-22(29-17-19)31-12-5-13-33(15-14-31)24(34)20-16-18-6-1-2-7-21(18)30-23(20)32-10-3-4-11-32/h1-2,6-9,16-17H,3-5,10-15H2. The molecular formula is C25H26F3N5O. The highest BCUT2D eigenvalue weighted by Crippen LogP contribution is 2.30. The number of pyridine rings is 2. The maximum absolute atomic E-state index is 13.7. The number of para-hydroxylation sites is 1. The average molecular weight is 470 g/mol. The lowest BCUT2D eigenvalue weighted by atomic mass is 10.1. The lowest BCUT2D eigenvalue weighted by molar-refractivity contribution is -0.137. The minimum absolute atomic E-state index is 0.0534. The summed E-state index contributed by atoms with van der Waals surface area (Å²) in [5.74, 6) is 1.18. The molecule has 9 heteroatoms. The predicted octanol–water partition coefficient (Wildman–Crippen LogP) is 4.60. The van der Waals surface area contributed by atoms with Crippen LogP contribution in [0.3, 0.4) is 0 Å². The van der Waals surface area contributed by atoms with Crippen molar-refractivity contribution in [1.82, 2.24) is 14.9 Å². The number of amides is 1. The number of halogens is 3. The summed E-state index contributed by atoms with van der Waals surface area (Å²) in [6.07, 6.45) is -0.670. The summed E-state index contributed by atoms with van der Waals surface area (Å²) in [5, 5.41) is 0.930. The predicted molar refractivity (Wildman–Crippen MR) is 125 cm³/mol. The van der Waals surface area contributed by atoms with Crippen LogP contribution in [0.25, 0.3) is 10.9 Å². The smallest absolute Gasteiger partial charge is 0.356 e. The van der Waals surface area contributed by atoms with Crippen molar-refractivity contribution in [2.75, 3.05) is 49.1 Å². The fourth-order valence-electron chi connectivity index (χ4n) is 4.69. The van der Waals surface area contributed by atoms with Gasteiger partial charge in [0.25, 0.3) is 5.91 Å². The first-order chi connectivity index (χ1) is 16.4. The van der Waals surface area contributed by atoms with Gasteiger partial charge in [0.2, 0.25) is 0 Å². The molecular weight excluding hydrogens is 443 g/mol. The van der Waals surface area contributed by atoms with Crippen LogP contribution in [0, 0.1) is 0 Å². The molecule has 2 aliphatic heterocycles. The van der Waals surface area contributed by atoms with Crippen molar-refractivity contribution >= 4 is 28.4 Å². The minimum Gasteiger partial charge on any atom is -0.356 e. The summed E-state index contributed by atoms with van der Waals surface area (Å²) in [5.41, 5.74) is 0.721. The molecule has 2 saturated heterocycles. The first kappa shape index (κ1) is 22.4. The van der Waals surface area contributed by atoms with E-state index in [1.807, 2.05) is 40.1 Å². The maximum atomic E-state index is 13.7. The van der Waals surface area contributed by atoms with Gasteiger partial charge in [-0.05, 0) is 43.5 Å². The highest BCUT2D eigenvalue weighted by molar-refractivity contribution is 6.02. The fourth-order valence-corrected chi connectivity index (χ4v) is 4.69. The third-order valence-electron chi connectivity index (χ3n) is 6.52. The van der Waals surface area contributed by atoms with Gasteiger partial charge in [0.1, 0.15) is 11.6 Å². The molecule has 1 aromatic carbocycles. The Kier molecular flexibility index (Phi) is 6.02. The van der Waals surface area contributed by atoms with Crippen LogP contribution in [0.15, 0.2) is 48.7 Å². The van der Waals surface area contributed by atoms with Crippen LogP contribution < -0.4 is 9.80 Å². The van der Waals surface area contributed by atoms with E-state index < -0.39 is 11.7 Å². The van der Waals surface area contributed by atoms with Crippen molar-refractivity contribution in [2.24, 2.45) is 0 Å². The highest BCUT2D eigenvalue weighted by Gasteiger charge is 2.31. The van der Waals surface area contributed by atoms with Gasteiger partial charge in [-0.3, -0.25) is 4.79 Å². The fraction of sp³-hybridized carbons (Fsp3) is 0.400. The van der Waals surface area contributed by atoms with Crippen molar-refractivity contribution in [3.05, 3.63) is 59.8 Å². The summed E-state index contributed by atoms with van der Waals surface area (Å²) >= 11 is 0. The van der Waals surface area contributed by atoms with Crippen molar-refractivity contribution in [3.63, 3.8) is 0 Å². The number of nitrogens with zero attached hydrogens (tertiary/aromatic N) is 5. The van der Waals surface area contributed by atoms with E-state index in [9.17, 15) is 18.0 Å². The SMILES string of the molecule is O=C(c1cc2ccccc2nc1N1CCCC1)N1CCCN(c2ccc(C(F)(F)F)cn2)CC1. The van der Waals surface area contributed by atoms with Crippen molar-refractivity contribution in [3.8, 4) is 0 Å².